The highest BCUT2D eigenvalue weighted by atomic mass is 35.5. The first-order valence-corrected chi connectivity index (χ1v) is 7.08. The molecule has 2 N–H and O–H groups in total. The number of thiazole rings is 1. The van der Waals surface area contributed by atoms with Crippen molar-refractivity contribution in [3.8, 4) is 0 Å². The molecule has 0 saturated carbocycles. The first-order valence-electron chi connectivity index (χ1n) is 5.83. The zero-order chi connectivity index (χ0) is 13.8. The van der Waals surface area contributed by atoms with Crippen molar-refractivity contribution >= 4 is 39.9 Å². The molecule has 1 atom stereocenters. The Kier molecular flexibility index (Phi) is 4.57. The molecular formula is C12H14ClN3O2S. The summed E-state index contributed by atoms with van der Waals surface area (Å²) in [5.74, 6) is -0.220. The van der Waals surface area contributed by atoms with Gasteiger partial charge in [-0.05, 0) is 19.4 Å². The second-order valence-electron chi connectivity index (χ2n) is 4.11. The number of nitrogens with one attached hydrogen (secondary N) is 1. The standard InChI is InChI=1S/C12H14ClN3O2S/c1-8(17)4-5-14-10(18)3-2-9-11(13)15-12-16(9)6-7-19-12/h2-3,6-8,17H,4-5H2,1H3,(H,14,18). The quantitative estimate of drug-likeness (QED) is 0.829. The third-order valence-corrected chi connectivity index (χ3v) is 3.54. The van der Waals surface area contributed by atoms with E-state index in [1.165, 1.54) is 17.4 Å². The fourth-order valence-electron chi connectivity index (χ4n) is 1.54. The topological polar surface area (TPSA) is 66.6 Å². The van der Waals surface area contributed by atoms with E-state index in [9.17, 15) is 4.79 Å². The molecule has 0 saturated heterocycles. The molecule has 1 amide bonds. The smallest absolute Gasteiger partial charge is 0.244 e. The first kappa shape index (κ1) is 14.0. The molecule has 2 aromatic rings. The van der Waals surface area contributed by atoms with Gasteiger partial charge in [-0.25, -0.2) is 4.98 Å². The second-order valence-corrected chi connectivity index (χ2v) is 5.34. The summed E-state index contributed by atoms with van der Waals surface area (Å²) < 4.78 is 1.83. The molecule has 0 aromatic carbocycles. The van der Waals surface area contributed by atoms with E-state index in [4.69, 9.17) is 16.7 Å². The summed E-state index contributed by atoms with van der Waals surface area (Å²) in [5, 5.41) is 14.0. The third kappa shape index (κ3) is 3.56. The van der Waals surface area contributed by atoms with Crippen LogP contribution in [-0.2, 0) is 4.79 Å². The number of carbonyl (C=O) groups excluding carboxylic acids is 1. The molecule has 5 nitrogen and oxygen atoms in total. The molecule has 7 heteroatoms. The summed E-state index contributed by atoms with van der Waals surface area (Å²) in [5.41, 5.74) is 0.684. The van der Waals surface area contributed by atoms with Gasteiger partial charge in [0.1, 0.15) is 0 Å². The molecule has 1 unspecified atom stereocenters. The minimum Gasteiger partial charge on any atom is -0.393 e. The number of carbonyl (C=O) groups is 1. The van der Waals surface area contributed by atoms with Crippen molar-refractivity contribution in [3.63, 3.8) is 0 Å². The Bertz CT molecular complexity index is 603. The molecule has 2 rings (SSSR count). The number of aliphatic hydroxyl groups is 1. The van der Waals surface area contributed by atoms with Crippen molar-refractivity contribution in [3.05, 3.63) is 28.5 Å². The van der Waals surface area contributed by atoms with Crippen LogP contribution in [0.4, 0.5) is 0 Å². The lowest BCUT2D eigenvalue weighted by atomic mass is 10.3. The Hall–Kier alpha value is -1.37. The minimum atomic E-state index is -0.418. The summed E-state index contributed by atoms with van der Waals surface area (Å²) in [6, 6.07) is 0. The number of halogens is 1. The zero-order valence-corrected chi connectivity index (χ0v) is 11.9. The number of fused-ring (bicyclic) bond motifs is 1. The van der Waals surface area contributed by atoms with Crippen LogP contribution < -0.4 is 5.32 Å². The second kappa shape index (κ2) is 6.18. The monoisotopic (exact) mass is 299 g/mol. The Morgan fingerprint density at radius 3 is 3.26 bits per heavy atom. The highest BCUT2D eigenvalue weighted by molar-refractivity contribution is 7.15. The Morgan fingerprint density at radius 2 is 2.53 bits per heavy atom. The van der Waals surface area contributed by atoms with Gasteiger partial charge in [-0.2, -0.15) is 0 Å². The molecule has 0 bridgehead atoms. The highest BCUT2D eigenvalue weighted by Crippen LogP contribution is 2.22. The predicted molar refractivity (Wildman–Crippen MR) is 76.4 cm³/mol. The fourth-order valence-corrected chi connectivity index (χ4v) is 2.55. The molecule has 0 fully saturated rings. The lowest BCUT2D eigenvalue weighted by Crippen LogP contribution is -2.24. The van der Waals surface area contributed by atoms with E-state index in [2.05, 4.69) is 10.3 Å². The number of amides is 1. The van der Waals surface area contributed by atoms with Crippen LogP contribution in [0.1, 0.15) is 19.0 Å². The molecule has 0 aliphatic heterocycles. The maximum atomic E-state index is 11.6. The minimum absolute atomic E-state index is 0.220. The van der Waals surface area contributed by atoms with Crippen LogP contribution in [0, 0.1) is 0 Å². The van der Waals surface area contributed by atoms with Crippen molar-refractivity contribution in [1.82, 2.24) is 14.7 Å². The summed E-state index contributed by atoms with van der Waals surface area (Å²) in [7, 11) is 0. The van der Waals surface area contributed by atoms with Gasteiger partial charge in [-0.1, -0.05) is 11.6 Å². The predicted octanol–water partition coefficient (Wildman–Crippen LogP) is 1.95. The lowest BCUT2D eigenvalue weighted by Gasteiger charge is -2.03. The average molecular weight is 300 g/mol. The van der Waals surface area contributed by atoms with Gasteiger partial charge in [0.2, 0.25) is 5.91 Å². The Morgan fingerprint density at radius 1 is 1.74 bits per heavy atom. The van der Waals surface area contributed by atoms with Gasteiger partial charge in [-0.3, -0.25) is 9.20 Å². The summed E-state index contributed by atoms with van der Waals surface area (Å²) >= 11 is 7.48. The van der Waals surface area contributed by atoms with Crippen molar-refractivity contribution in [1.29, 1.82) is 0 Å². The molecule has 0 aliphatic rings. The van der Waals surface area contributed by atoms with Crippen molar-refractivity contribution < 1.29 is 9.90 Å². The van der Waals surface area contributed by atoms with Crippen molar-refractivity contribution in [2.24, 2.45) is 0 Å². The van der Waals surface area contributed by atoms with E-state index >= 15 is 0 Å². The van der Waals surface area contributed by atoms with E-state index in [0.717, 1.165) is 4.96 Å². The van der Waals surface area contributed by atoms with Gasteiger partial charge in [0.05, 0.1) is 11.8 Å². The lowest BCUT2D eigenvalue weighted by molar-refractivity contribution is -0.116. The summed E-state index contributed by atoms with van der Waals surface area (Å²) in [6.07, 6.45) is 5.01. The van der Waals surface area contributed by atoms with E-state index in [-0.39, 0.29) is 5.91 Å². The average Bonchev–Trinajstić information content (AvgIpc) is 2.87. The van der Waals surface area contributed by atoms with Crippen LogP contribution in [0.5, 0.6) is 0 Å². The van der Waals surface area contributed by atoms with E-state index in [1.807, 2.05) is 16.0 Å². The molecule has 0 spiro atoms. The number of nitrogens with zero attached hydrogens (tertiary/aromatic N) is 2. The molecule has 2 heterocycles. The largest absolute Gasteiger partial charge is 0.393 e. The number of rotatable bonds is 5. The zero-order valence-electron chi connectivity index (χ0n) is 10.3. The van der Waals surface area contributed by atoms with Crippen LogP contribution in [0.3, 0.4) is 0 Å². The van der Waals surface area contributed by atoms with Gasteiger partial charge in [0.15, 0.2) is 10.1 Å². The molecule has 0 aliphatic carbocycles. The van der Waals surface area contributed by atoms with E-state index in [0.29, 0.717) is 23.8 Å². The Balaban J connectivity index is 2.00. The van der Waals surface area contributed by atoms with Crippen molar-refractivity contribution in [2.45, 2.75) is 19.4 Å². The highest BCUT2D eigenvalue weighted by Gasteiger charge is 2.08. The summed E-state index contributed by atoms with van der Waals surface area (Å²) in [4.78, 5) is 16.5. The van der Waals surface area contributed by atoms with Gasteiger partial charge in [0.25, 0.3) is 0 Å². The molecular weight excluding hydrogens is 286 g/mol. The van der Waals surface area contributed by atoms with Gasteiger partial charge in [-0.15, -0.1) is 11.3 Å². The molecule has 102 valence electrons. The van der Waals surface area contributed by atoms with Gasteiger partial charge >= 0.3 is 0 Å². The van der Waals surface area contributed by atoms with Crippen LogP contribution in [0.2, 0.25) is 5.15 Å². The van der Waals surface area contributed by atoms with Gasteiger partial charge < -0.3 is 10.4 Å². The fraction of sp³-hybridized carbons (Fsp3) is 0.333. The molecule has 0 radical (unpaired) electrons. The number of aliphatic hydroxyl groups excluding tert-OH is 1. The first-order chi connectivity index (χ1) is 9.08. The van der Waals surface area contributed by atoms with E-state index in [1.54, 1.807) is 13.0 Å². The Labute approximate surface area is 119 Å². The van der Waals surface area contributed by atoms with Crippen LogP contribution >= 0.6 is 22.9 Å². The van der Waals surface area contributed by atoms with E-state index < -0.39 is 6.10 Å². The summed E-state index contributed by atoms with van der Waals surface area (Å²) in [6.45, 7) is 2.12. The van der Waals surface area contributed by atoms with Crippen molar-refractivity contribution in [2.75, 3.05) is 6.54 Å². The maximum Gasteiger partial charge on any atom is 0.244 e. The third-order valence-electron chi connectivity index (χ3n) is 2.51. The normalized spacial score (nSPS) is 13.2. The number of aromatic nitrogens is 2. The number of hydrogen-bond acceptors (Lipinski definition) is 4. The van der Waals surface area contributed by atoms with Crippen LogP contribution in [0.25, 0.3) is 11.0 Å². The molecule has 19 heavy (non-hydrogen) atoms. The molecule has 2 aromatic heterocycles. The SMILES string of the molecule is CC(O)CCNC(=O)C=Cc1c(Cl)nc2sccn12. The van der Waals surface area contributed by atoms with Gasteiger partial charge in [0, 0.05) is 24.2 Å². The van der Waals surface area contributed by atoms with Crippen LogP contribution in [-0.4, -0.2) is 33.0 Å². The van der Waals surface area contributed by atoms with Crippen LogP contribution in [0.15, 0.2) is 17.7 Å². The number of imidazole rings is 1. The maximum absolute atomic E-state index is 11.6. The number of hydrogen-bond donors (Lipinski definition) is 2.